The SMILES string of the molecule is Cl.NC1CC1NC(=O)C1CCNCC1. The lowest BCUT2D eigenvalue weighted by Gasteiger charge is -2.21. The zero-order valence-corrected chi connectivity index (χ0v) is 8.98. The fourth-order valence-electron chi connectivity index (χ4n) is 1.77. The van der Waals surface area contributed by atoms with E-state index >= 15 is 0 Å². The number of halogens is 1. The van der Waals surface area contributed by atoms with Crippen molar-refractivity contribution in [2.24, 2.45) is 11.7 Å². The molecular weight excluding hydrogens is 202 g/mol. The number of rotatable bonds is 2. The molecule has 14 heavy (non-hydrogen) atoms. The fourth-order valence-corrected chi connectivity index (χ4v) is 1.77. The Morgan fingerprint density at radius 3 is 2.43 bits per heavy atom. The van der Waals surface area contributed by atoms with E-state index in [4.69, 9.17) is 5.73 Å². The molecule has 1 aliphatic carbocycles. The minimum Gasteiger partial charge on any atom is -0.352 e. The second-order valence-corrected chi connectivity index (χ2v) is 4.04. The molecule has 0 radical (unpaired) electrons. The number of nitrogens with one attached hydrogen (secondary N) is 2. The van der Waals surface area contributed by atoms with E-state index in [0.29, 0.717) is 0 Å². The Morgan fingerprint density at radius 1 is 1.36 bits per heavy atom. The first-order valence-corrected chi connectivity index (χ1v) is 5.04. The summed E-state index contributed by atoms with van der Waals surface area (Å²) in [6, 6.07) is 0.480. The molecule has 1 saturated heterocycles. The number of hydrogen-bond acceptors (Lipinski definition) is 3. The first kappa shape index (κ1) is 11.8. The average Bonchev–Trinajstić information content (AvgIpc) is 2.83. The Morgan fingerprint density at radius 2 is 1.93 bits per heavy atom. The highest BCUT2D eigenvalue weighted by Crippen LogP contribution is 2.20. The molecular formula is C9H18ClN3O. The number of nitrogens with two attached hydrogens (primary N) is 1. The van der Waals surface area contributed by atoms with Crippen molar-refractivity contribution in [2.45, 2.75) is 31.3 Å². The van der Waals surface area contributed by atoms with Gasteiger partial charge in [0.1, 0.15) is 0 Å². The molecule has 1 saturated carbocycles. The van der Waals surface area contributed by atoms with Gasteiger partial charge in [-0.25, -0.2) is 0 Å². The van der Waals surface area contributed by atoms with Gasteiger partial charge in [0.15, 0.2) is 0 Å². The lowest BCUT2D eigenvalue weighted by molar-refractivity contribution is -0.125. The van der Waals surface area contributed by atoms with Crippen LogP contribution in [0.5, 0.6) is 0 Å². The Hall–Kier alpha value is -0.320. The summed E-state index contributed by atoms with van der Waals surface area (Å²) < 4.78 is 0. The lowest BCUT2D eigenvalue weighted by atomic mass is 9.97. The summed E-state index contributed by atoms with van der Waals surface area (Å²) in [5.41, 5.74) is 5.62. The van der Waals surface area contributed by atoms with Crippen molar-refractivity contribution in [1.29, 1.82) is 0 Å². The molecule has 5 heteroatoms. The van der Waals surface area contributed by atoms with Crippen LogP contribution in [0.15, 0.2) is 0 Å². The van der Waals surface area contributed by atoms with Crippen LogP contribution in [0.4, 0.5) is 0 Å². The van der Waals surface area contributed by atoms with Gasteiger partial charge >= 0.3 is 0 Å². The van der Waals surface area contributed by atoms with Gasteiger partial charge < -0.3 is 16.4 Å². The van der Waals surface area contributed by atoms with Gasteiger partial charge in [0.2, 0.25) is 5.91 Å². The molecule has 2 aliphatic rings. The highest BCUT2D eigenvalue weighted by molar-refractivity contribution is 5.85. The highest BCUT2D eigenvalue weighted by Gasteiger charge is 2.36. The van der Waals surface area contributed by atoms with Crippen LogP contribution in [0.1, 0.15) is 19.3 Å². The number of piperidine rings is 1. The molecule has 4 nitrogen and oxygen atoms in total. The molecule has 1 amide bonds. The molecule has 0 aromatic carbocycles. The van der Waals surface area contributed by atoms with Crippen LogP contribution >= 0.6 is 12.4 Å². The van der Waals surface area contributed by atoms with Gasteiger partial charge in [-0.1, -0.05) is 0 Å². The third-order valence-electron chi connectivity index (χ3n) is 2.88. The number of carbonyl (C=O) groups is 1. The van der Waals surface area contributed by atoms with E-state index in [1.807, 2.05) is 0 Å². The Bertz CT molecular complexity index is 206. The van der Waals surface area contributed by atoms with Crippen LogP contribution in [0.2, 0.25) is 0 Å². The third kappa shape index (κ3) is 2.83. The van der Waals surface area contributed by atoms with Crippen LogP contribution in [0.3, 0.4) is 0 Å². The van der Waals surface area contributed by atoms with Crippen molar-refractivity contribution in [3.05, 3.63) is 0 Å². The van der Waals surface area contributed by atoms with Gasteiger partial charge in [0.05, 0.1) is 0 Å². The van der Waals surface area contributed by atoms with E-state index in [0.717, 1.165) is 32.4 Å². The van der Waals surface area contributed by atoms with Crippen LogP contribution in [0, 0.1) is 5.92 Å². The summed E-state index contributed by atoms with van der Waals surface area (Å²) in [5, 5.41) is 6.22. The molecule has 0 bridgehead atoms. The van der Waals surface area contributed by atoms with Crippen molar-refractivity contribution in [1.82, 2.24) is 10.6 Å². The second kappa shape index (κ2) is 4.96. The van der Waals surface area contributed by atoms with Gasteiger partial charge in [-0.05, 0) is 32.4 Å². The molecule has 1 aliphatic heterocycles. The number of carbonyl (C=O) groups excluding carboxylic acids is 1. The van der Waals surface area contributed by atoms with Crippen LogP contribution in [0.25, 0.3) is 0 Å². The van der Waals surface area contributed by atoms with Crippen molar-refractivity contribution < 1.29 is 4.79 Å². The molecule has 2 fully saturated rings. The predicted molar refractivity (Wildman–Crippen MR) is 57.4 cm³/mol. The van der Waals surface area contributed by atoms with E-state index in [2.05, 4.69) is 10.6 Å². The summed E-state index contributed by atoms with van der Waals surface area (Å²) in [4.78, 5) is 11.6. The maximum atomic E-state index is 11.6. The molecule has 2 unspecified atom stereocenters. The van der Waals surface area contributed by atoms with E-state index in [1.165, 1.54) is 0 Å². The summed E-state index contributed by atoms with van der Waals surface area (Å²) in [7, 11) is 0. The van der Waals surface area contributed by atoms with Gasteiger partial charge in [-0.3, -0.25) is 4.79 Å². The standard InChI is InChI=1S/C9H17N3O.ClH/c10-7-5-8(7)12-9(13)6-1-3-11-4-2-6;/h6-8,11H,1-5,10H2,(H,12,13);1H. The smallest absolute Gasteiger partial charge is 0.223 e. The molecule has 0 spiro atoms. The Labute approximate surface area is 90.4 Å². The summed E-state index contributed by atoms with van der Waals surface area (Å²) in [6.45, 7) is 1.93. The molecule has 1 heterocycles. The number of hydrogen-bond donors (Lipinski definition) is 3. The van der Waals surface area contributed by atoms with E-state index in [9.17, 15) is 4.79 Å². The van der Waals surface area contributed by atoms with Gasteiger partial charge in [0, 0.05) is 18.0 Å². The first-order chi connectivity index (χ1) is 6.27. The molecule has 0 aromatic rings. The largest absolute Gasteiger partial charge is 0.352 e. The van der Waals surface area contributed by atoms with E-state index < -0.39 is 0 Å². The summed E-state index contributed by atoms with van der Waals surface area (Å²) in [6.07, 6.45) is 2.89. The van der Waals surface area contributed by atoms with Gasteiger partial charge in [-0.15, -0.1) is 12.4 Å². The van der Waals surface area contributed by atoms with Gasteiger partial charge in [0.25, 0.3) is 0 Å². The number of amides is 1. The van der Waals surface area contributed by atoms with E-state index in [-0.39, 0.29) is 36.3 Å². The average molecular weight is 220 g/mol. The van der Waals surface area contributed by atoms with Crippen molar-refractivity contribution in [3.63, 3.8) is 0 Å². The molecule has 82 valence electrons. The van der Waals surface area contributed by atoms with Crippen molar-refractivity contribution in [2.75, 3.05) is 13.1 Å². The van der Waals surface area contributed by atoms with Crippen molar-refractivity contribution >= 4 is 18.3 Å². The zero-order valence-electron chi connectivity index (χ0n) is 8.16. The Kier molecular flexibility index (Phi) is 4.16. The lowest BCUT2D eigenvalue weighted by Crippen LogP contribution is -2.40. The second-order valence-electron chi connectivity index (χ2n) is 4.04. The maximum Gasteiger partial charge on any atom is 0.223 e. The van der Waals surface area contributed by atoms with Crippen LogP contribution in [-0.2, 0) is 4.79 Å². The quantitative estimate of drug-likeness (QED) is 0.594. The summed E-state index contributed by atoms with van der Waals surface area (Å²) >= 11 is 0. The monoisotopic (exact) mass is 219 g/mol. The van der Waals surface area contributed by atoms with Gasteiger partial charge in [-0.2, -0.15) is 0 Å². The molecule has 2 atom stereocenters. The highest BCUT2D eigenvalue weighted by atomic mass is 35.5. The fraction of sp³-hybridized carbons (Fsp3) is 0.889. The normalized spacial score (nSPS) is 31.8. The minimum absolute atomic E-state index is 0. The van der Waals surface area contributed by atoms with E-state index in [1.54, 1.807) is 0 Å². The topological polar surface area (TPSA) is 67.1 Å². The summed E-state index contributed by atoms with van der Waals surface area (Å²) in [5.74, 6) is 0.425. The van der Waals surface area contributed by atoms with Crippen LogP contribution < -0.4 is 16.4 Å². The Balaban J connectivity index is 0.000000980. The minimum atomic E-state index is 0. The zero-order chi connectivity index (χ0) is 9.26. The first-order valence-electron chi connectivity index (χ1n) is 5.04. The van der Waals surface area contributed by atoms with Crippen LogP contribution in [-0.4, -0.2) is 31.1 Å². The maximum absolute atomic E-state index is 11.6. The predicted octanol–water partition coefficient (Wildman–Crippen LogP) is -0.376. The van der Waals surface area contributed by atoms with Crippen molar-refractivity contribution in [3.8, 4) is 0 Å². The third-order valence-corrected chi connectivity index (χ3v) is 2.88. The molecule has 2 rings (SSSR count). The molecule has 0 aromatic heterocycles. The molecule has 4 N–H and O–H groups in total.